The number of nitro groups is 1. The fourth-order valence-electron chi connectivity index (χ4n) is 3.07. The monoisotopic (exact) mass is 291 g/mol. The van der Waals surface area contributed by atoms with Gasteiger partial charge in [0.25, 0.3) is 5.69 Å². The smallest absolute Gasteiger partial charge is 0.269 e. The van der Waals surface area contributed by atoms with E-state index in [-0.39, 0.29) is 10.6 Å². The van der Waals surface area contributed by atoms with Crippen molar-refractivity contribution in [2.24, 2.45) is 5.41 Å². The van der Waals surface area contributed by atoms with Crippen LogP contribution in [0.25, 0.3) is 0 Å². The van der Waals surface area contributed by atoms with Gasteiger partial charge < -0.3 is 5.73 Å². The van der Waals surface area contributed by atoms with Gasteiger partial charge in [-0.1, -0.05) is 13.8 Å². The van der Waals surface area contributed by atoms with Gasteiger partial charge in [0.2, 0.25) is 0 Å². The molecule has 0 spiro atoms. The maximum Gasteiger partial charge on any atom is 0.269 e. The number of non-ortho nitro benzene ring substituents is 1. The minimum Gasteiger partial charge on any atom is -0.398 e. The number of hydrogen-bond acceptors (Lipinski definition) is 4. The molecule has 1 aliphatic rings. The maximum absolute atomic E-state index is 10.9. The molecule has 1 saturated carbocycles. The second-order valence-corrected chi connectivity index (χ2v) is 6.95. The Bertz CT molecular complexity index is 518. The van der Waals surface area contributed by atoms with Crippen LogP contribution >= 0.6 is 0 Å². The molecule has 5 nitrogen and oxygen atoms in total. The van der Waals surface area contributed by atoms with Crippen LogP contribution in [0, 0.1) is 15.5 Å². The standard InChI is InChI=1S/C16H25N3O2/c1-16(2)8-6-13(7-9-16)18(3)11-12-10-14(19(20)21)4-5-15(12)17/h4-5,10,13H,6-9,11,17H2,1-3H3. The lowest BCUT2D eigenvalue weighted by atomic mass is 9.75. The molecule has 1 aromatic rings. The van der Waals surface area contributed by atoms with Gasteiger partial charge in [0, 0.05) is 30.4 Å². The molecule has 0 saturated heterocycles. The molecule has 116 valence electrons. The van der Waals surface area contributed by atoms with E-state index in [4.69, 9.17) is 5.73 Å². The van der Waals surface area contributed by atoms with Gasteiger partial charge in [0.05, 0.1) is 4.92 Å². The fourth-order valence-corrected chi connectivity index (χ4v) is 3.07. The number of nitrogens with zero attached hydrogens (tertiary/aromatic N) is 2. The third-order valence-electron chi connectivity index (χ3n) is 4.69. The quantitative estimate of drug-likeness (QED) is 0.523. The minimum atomic E-state index is -0.369. The second-order valence-electron chi connectivity index (χ2n) is 6.95. The van der Waals surface area contributed by atoms with E-state index < -0.39 is 0 Å². The Labute approximate surface area is 126 Å². The first-order chi connectivity index (χ1) is 9.78. The van der Waals surface area contributed by atoms with E-state index >= 15 is 0 Å². The minimum absolute atomic E-state index is 0.109. The van der Waals surface area contributed by atoms with Crippen LogP contribution in [0.3, 0.4) is 0 Å². The highest BCUT2D eigenvalue weighted by atomic mass is 16.6. The fraction of sp³-hybridized carbons (Fsp3) is 0.625. The van der Waals surface area contributed by atoms with Crippen molar-refractivity contribution in [2.45, 2.75) is 52.1 Å². The summed E-state index contributed by atoms with van der Waals surface area (Å²) < 4.78 is 0. The molecule has 1 fully saturated rings. The van der Waals surface area contributed by atoms with Crippen molar-refractivity contribution in [3.8, 4) is 0 Å². The molecular weight excluding hydrogens is 266 g/mol. The lowest BCUT2D eigenvalue weighted by molar-refractivity contribution is -0.384. The first kappa shape index (κ1) is 15.8. The largest absolute Gasteiger partial charge is 0.398 e. The van der Waals surface area contributed by atoms with Crippen LogP contribution in [-0.2, 0) is 6.54 Å². The van der Waals surface area contributed by atoms with E-state index in [2.05, 4.69) is 25.8 Å². The average molecular weight is 291 g/mol. The van der Waals surface area contributed by atoms with Gasteiger partial charge in [-0.15, -0.1) is 0 Å². The topological polar surface area (TPSA) is 72.4 Å². The van der Waals surface area contributed by atoms with Gasteiger partial charge in [-0.25, -0.2) is 0 Å². The number of nitrogen functional groups attached to an aromatic ring is 1. The molecule has 0 amide bonds. The summed E-state index contributed by atoms with van der Waals surface area (Å²) in [5.74, 6) is 0. The Kier molecular flexibility index (Phi) is 4.52. The Hall–Kier alpha value is -1.62. The molecule has 5 heteroatoms. The highest BCUT2D eigenvalue weighted by Crippen LogP contribution is 2.37. The Morgan fingerprint density at radius 2 is 2.00 bits per heavy atom. The van der Waals surface area contributed by atoms with Crippen LogP contribution in [0.5, 0.6) is 0 Å². The van der Waals surface area contributed by atoms with Crippen LogP contribution in [0.1, 0.15) is 45.1 Å². The van der Waals surface area contributed by atoms with E-state index in [1.807, 2.05) is 0 Å². The summed E-state index contributed by atoms with van der Waals surface area (Å²) in [5, 5.41) is 10.9. The zero-order chi connectivity index (χ0) is 15.6. The molecule has 0 bridgehead atoms. The van der Waals surface area contributed by atoms with Crippen LogP contribution in [0.15, 0.2) is 18.2 Å². The molecule has 1 aliphatic carbocycles. The molecule has 1 aromatic carbocycles. The van der Waals surface area contributed by atoms with Crippen molar-refractivity contribution in [2.75, 3.05) is 12.8 Å². The lowest BCUT2D eigenvalue weighted by Crippen LogP contribution is -2.36. The number of nitrogens with two attached hydrogens (primary N) is 1. The highest BCUT2D eigenvalue weighted by Gasteiger charge is 2.29. The van der Waals surface area contributed by atoms with E-state index in [9.17, 15) is 10.1 Å². The highest BCUT2D eigenvalue weighted by molar-refractivity contribution is 5.52. The zero-order valence-electron chi connectivity index (χ0n) is 13.1. The van der Waals surface area contributed by atoms with Gasteiger partial charge in [0.15, 0.2) is 0 Å². The summed E-state index contributed by atoms with van der Waals surface area (Å²) in [6.07, 6.45) is 4.81. The van der Waals surface area contributed by atoms with E-state index in [1.54, 1.807) is 12.1 Å². The number of nitro benzene ring substituents is 1. The van der Waals surface area contributed by atoms with E-state index in [0.717, 1.165) is 5.56 Å². The molecule has 0 radical (unpaired) electrons. The first-order valence-electron chi connectivity index (χ1n) is 7.51. The van der Waals surface area contributed by atoms with Crippen molar-refractivity contribution in [3.63, 3.8) is 0 Å². The molecule has 0 aromatic heterocycles. The normalized spacial score (nSPS) is 18.9. The van der Waals surface area contributed by atoms with Crippen molar-refractivity contribution in [1.29, 1.82) is 0 Å². The first-order valence-corrected chi connectivity index (χ1v) is 7.51. The third-order valence-corrected chi connectivity index (χ3v) is 4.69. The lowest BCUT2D eigenvalue weighted by Gasteiger charge is -2.38. The number of hydrogen-bond donors (Lipinski definition) is 1. The predicted octanol–water partition coefficient (Wildman–Crippen LogP) is 3.58. The third kappa shape index (κ3) is 3.94. The molecular formula is C16H25N3O2. The van der Waals surface area contributed by atoms with Gasteiger partial charge in [-0.3, -0.25) is 15.0 Å². The molecule has 0 unspecified atom stereocenters. The summed E-state index contributed by atoms with van der Waals surface area (Å²) in [4.78, 5) is 12.8. The van der Waals surface area contributed by atoms with Crippen molar-refractivity contribution in [1.82, 2.24) is 4.90 Å². The van der Waals surface area contributed by atoms with Gasteiger partial charge in [0.1, 0.15) is 0 Å². The van der Waals surface area contributed by atoms with Gasteiger partial charge >= 0.3 is 0 Å². The van der Waals surface area contributed by atoms with Crippen molar-refractivity contribution >= 4 is 11.4 Å². The molecule has 0 atom stereocenters. The molecule has 2 rings (SSSR count). The average Bonchev–Trinajstić information content (AvgIpc) is 2.40. The molecule has 0 aliphatic heterocycles. The summed E-state index contributed by atoms with van der Waals surface area (Å²) >= 11 is 0. The predicted molar refractivity (Wildman–Crippen MR) is 85.0 cm³/mol. The molecule has 0 heterocycles. The van der Waals surface area contributed by atoms with Crippen LogP contribution in [0.2, 0.25) is 0 Å². The SMILES string of the molecule is CN(Cc1cc([N+](=O)[O-])ccc1N)C1CCC(C)(C)CC1. The summed E-state index contributed by atoms with van der Waals surface area (Å²) in [6.45, 7) is 5.31. The summed E-state index contributed by atoms with van der Waals surface area (Å²) in [7, 11) is 2.08. The summed E-state index contributed by atoms with van der Waals surface area (Å²) in [6, 6.07) is 5.22. The Morgan fingerprint density at radius 1 is 1.38 bits per heavy atom. The number of benzene rings is 1. The zero-order valence-corrected chi connectivity index (χ0v) is 13.1. The van der Waals surface area contributed by atoms with Gasteiger partial charge in [-0.2, -0.15) is 0 Å². The molecule has 21 heavy (non-hydrogen) atoms. The second kappa shape index (κ2) is 6.02. The van der Waals surface area contributed by atoms with Crippen LogP contribution in [-0.4, -0.2) is 22.9 Å². The van der Waals surface area contributed by atoms with E-state index in [0.29, 0.717) is 23.7 Å². The van der Waals surface area contributed by atoms with Crippen LogP contribution < -0.4 is 5.73 Å². The van der Waals surface area contributed by atoms with Crippen molar-refractivity contribution < 1.29 is 4.92 Å². The number of anilines is 1. The van der Waals surface area contributed by atoms with Gasteiger partial charge in [-0.05, 0) is 49.8 Å². The summed E-state index contributed by atoms with van der Waals surface area (Å²) in [5.41, 5.74) is 7.99. The van der Waals surface area contributed by atoms with E-state index in [1.165, 1.54) is 31.7 Å². The van der Waals surface area contributed by atoms with Crippen molar-refractivity contribution in [3.05, 3.63) is 33.9 Å². The maximum atomic E-state index is 10.9. The Balaban J connectivity index is 2.04. The Morgan fingerprint density at radius 3 is 2.57 bits per heavy atom. The molecule has 2 N–H and O–H groups in total. The van der Waals surface area contributed by atoms with Crippen LogP contribution in [0.4, 0.5) is 11.4 Å². The number of rotatable bonds is 4.